The van der Waals surface area contributed by atoms with E-state index >= 15 is 0 Å². The number of imidazole rings is 1. The highest BCUT2D eigenvalue weighted by Gasteiger charge is 2.22. The van der Waals surface area contributed by atoms with Crippen LogP contribution < -0.4 is 0 Å². The van der Waals surface area contributed by atoms with Gasteiger partial charge in [-0.1, -0.05) is 30.3 Å². The summed E-state index contributed by atoms with van der Waals surface area (Å²) in [5.74, 6) is -2.03. The Kier molecular flexibility index (Phi) is 3.14. The number of rotatable bonds is 3. The van der Waals surface area contributed by atoms with Crippen molar-refractivity contribution in [3.63, 3.8) is 0 Å². The molecule has 0 radical (unpaired) electrons. The lowest BCUT2D eigenvalue weighted by Crippen LogP contribution is -2.06. The number of benzene rings is 1. The zero-order valence-corrected chi connectivity index (χ0v) is 11.6. The van der Waals surface area contributed by atoms with Gasteiger partial charge in [0.25, 0.3) is 0 Å². The molecule has 0 fully saturated rings. The van der Waals surface area contributed by atoms with E-state index in [2.05, 4.69) is 4.98 Å². The maximum Gasteiger partial charge on any atom is 0.356 e. The molecule has 2 N–H and O–H groups in total. The summed E-state index contributed by atoms with van der Waals surface area (Å²) in [6.07, 6.45) is 0. The van der Waals surface area contributed by atoms with Gasteiger partial charge in [0.05, 0.1) is 5.52 Å². The first-order valence-corrected chi connectivity index (χ1v) is 6.54. The smallest absolute Gasteiger partial charge is 0.356 e. The molecule has 6 heteroatoms. The number of hydrogen-bond donors (Lipinski definition) is 2. The lowest BCUT2D eigenvalue weighted by Gasteiger charge is -2.07. The number of carboxylic acid groups (broad SMARTS) is 2. The highest BCUT2D eigenvalue weighted by molar-refractivity contribution is 5.97. The number of aryl methyl sites for hydroxylation is 1. The summed E-state index contributed by atoms with van der Waals surface area (Å²) in [4.78, 5) is 27.0. The van der Waals surface area contributed by atoms with Crippen molar-refractivity contribution in [3.8, 4) is 11.4 Å². The van der Waals surface area contributed by atoms with Crippen molar-refractivity contribution in [1.82, 2.24) is 9.38 Å². The molecule has 0 amide bonds. The third-order valence-electron chi connectivity index (χ3n) is 3.47. The summed E-state index contributed by atoms with van der Waals surface area (Å²) in [6.45, 7) is 1.86. The number of fused-ring (bicyclic) bond motifs is 1. The van der Waals surface area contributed by atoms with Crippen molar-refractivity contribution >= 4 is 17.5 Å². The molecule has 0 aliphatic carbocycles. The Balaban J connectivity index is 2.47. The van der Waals surface area contributed by atoms with E-state index in [-0.39, 0.29) is 16.9 Å². The Morgan fingerprint density at radius 2 is 1.73 bits per heavy atom. The molecule has 6 nitrogen and oxygen atoms in total. The fourth-order valence-electron chi connectivity index (χ4n) is 2.46. The Bertz CT molecular complexity index is 912. The molecular formula is C16H12N2O4. The monoisotopic (exact) mass is 296 g/mol. The quantitative estimate of drug-likeness (QED) is 0.775. The minimum Gasteiger partial charge on any atom is -0.477 e. The first-order valence-electron chi connectivity index (χ1n) is 6.54. The number of hydrogen-bond acceptors (Lipinski definition) is 3. The second-order valence-corrected chi connectivity index (χ2v) is 4.84. The zero-order chi connectivity index (χ0) is 15.9. The predicted octanol–water partition coefficient (Wildman–Crippen LogP) is 2.71. The summed E-state index contributed by atoms with van der Waals surface area (Å²) >= 11 is 0. The largest absolute Gasteiger partial charge is 0.477 e. The van der Waals surface area contributed by atoms with Crippen molar-refractivity contribution < 1.29 is 19.8 Å². The van der Waals surface area contributed by atoms with Crippen LogP contribution in [0.4, 0.5) is 0 Å². The van der Waals surface area contributed by atoms with E-state index in [9.17, 15) is 19.8 Å². The van der Waals surface area contributed by atoms with Crippen LogP contribution in [0.5, 0.6) is 0 Å². The number of nitrogens with zero attached hydrogens (tertiary/aromatic N) is 2. The van der Waals surface area contributed by atoms with Crippen molar-refractivity contribution in [2.75, 3.05) is 0 Å². The highest BCUT2D eigenvalue weighted by atomic mass is 16.4. The van der Waals surface area contributed by atoms with Gasteiger partial charge in [-0.2, -0.15) is 0 Å². The van der Waals surface area contributed by atoms with E-state index in [0.29, 0.717) is 11.4 Å². The van der Waals surface area contributed by atoms with Gasteiger partial charge in [0.2, 0.25) is 0 Å². The summed E-state index contributed by atoms with van der Waals surface area (Å²) in [5, 5.41) is 18.7. The van der Waals surface area contributed by atoms with Crippen LogP contribution in [0.2, 0.25) is 0 Å². The summed E-state index contributed by atoms with van der Waals surface area (Å²) in [6, 6.07) is 11.8. The maximum atomic E-state index is 11.5. The van der Waals surface area contributed by atoms with Gasteiger partial charge in [-0.25, -0.2) is 14.6 Å². The number of carbonyl (C=O) groups is 2. The number of aromatic nitrogens is 2. The molecule has 2 heterocycles. The average molecular weight is 296 g/mol. The fraction of sp³-hybridized carbons (Fsp3) is 0.0625. The van der Waals surface area contributed by atoms with Crippen LogP contribution in [0.1, 0.15) is 26.5 Å². The van der Waals surface area contributed by atoms with Crippen LogP contribution in [0, 0.1) is 6.92 Å². The van der Waals surface area contributed by atoms with Crippen molar-refractivity contribution in [2.24, 2.45) is 0 Å². The molecular weight excluding hydrogens is 284 g/mol. The fourth-order valence-corrected chi connectivity index (χ4v) is 2.46. The van der Waals surface area contributed by atoms with Crippen LogP contribution in [-0.2, 0) is 0 Å². The van der Waals surface area contributed by atoms with Gasteiger partial charge >= 0.3 is 11.9 Å². The summed E-state index contributed by atoms with van der Waals surface area (Å²) < 4.78 is 1.37. The summed E-state index contributed by atoms with van der Waals surface area (Å²) in [5.41, 5.74) is 1.63. The van der Waals surface area contributed by atoms with E-state index in [1.54, 1.807) is 18.2 Å². The minimum absolute atomic E-state index is 0.0317. The van der Waals surface area contributed by atoms with E-state index < -0.39 is 11.9 Å². The topological polar surface area (TPSA) is 91.9 Å². The van der Waals surface area contributed by atoms with Crippen LogP contribution in [0.3, 0.4) is 0 Å². The molecule has 0 aliphatic heterocycles. The first-order chi connectivity index (χ1) is 10.5. The SMILES string of the molecule is Cc1ccccc1-c1nc(C(=O)O)c2cccc(C(=O)O)n12. The van der Waals surface area contributed by atoms with Crippen molar-refractivity contribution in [2.45, 2.75) is 6.92 Å². The molecule has 0 saturated carbocycles. The Morgan fingerprint density at radius 1 is 1.00 bits per heavy atom. The molecule has 2 aromatic heterocycles. The van der Waals surface area contributed by atoms with E-state index in [0.717, 1.165) is 5.56 Å². The second-order valence-electron chi connectivity index (χ2n) is 4.84. The van der Waals surface area contributed by atoms with Crippen LogP contribution >= 0.6 is 0 Å². The standard InChI is InChI=1S/C16H12N2O4/c1-9-5-2-3-6-10(9)14-17-13(16(21)22)11-7-4-8-12(15(19)20)18(11)14/h2-8H,1H3,(H,19,20)(H,21,22). The lowest BCUT2D eigenvalue weighted by atomic mass is 10.1. The minimum atomic E-state index is -1.19. The van der Waals surface area contributed by atoms with Gasteiger partial charge < -0.3 is 10.2 Å². The molecule has 0 saturated heterocycles. The molecule has 110 valence electrons. The third kappa shape index (κ3) is 2.01. The molecule has 22 heavy (non-hydrogen) atoms. The van der Waals surface area contributed by atoms with Crippen molar-refractivity contribution in [1.29, 1.82) is 0 Å². The van der Waals surface area contributed by atoms with Gasteiger partial charge in [0, 0.05) is 5.56 Å². The maximum absolute atomic E-state index is 11.5. The molecule has 0 atom stereocenters. The van der Waals surface area contributed by atoms with Gasteiger partial charge in [-0.3, -0.25) is 4.40 Å². The first kappa shape index (κ1) is 13.8. The molecule has 0 bridgehead atoms. The van der Waals surface area contributed by atoms with Crippen LogP contribution in [-0.4, -0.2) is 31.5 Å². The molecule has 0 aliphatic rings. The molecule has 0 spiro atoms. The molecule has 1 aromatic carbocycles. The summed E-state index contributed by atoms with van der Waals surface area (Å²) in [7, 11) is 0. The average Bonchev–Trinajstić information content (AvgIpc) is 2.87. The van der Waals surface area contributed by atoms with Crippen LogP contribution in [0.15, 0.2) is 42.5 Å². The Morgan fingerprint density at radius 3 is 2.36 bits per heavy atom. The van der Waals surface area contributed by atoms with Gasteiger partial charge in [0.1, 0.15) is 11.5 Å². The molecule has 3 rings (SSSR count). The highest BCUT2D eigenvalue weighted by Crippen LogP contribution is 2.27. The third-order valence-corrected chi connectivity index (χ3v) is 3.47. The number of pyridine rings is 1. The van der Waals surface area contributed by atoms with E-state index in [4.69, 9.17) is 0 Å². The Hall–Kier alpha value is -3.15. The number of aromatic carboxylic acids is 2. The van der Waals surface area contributed by atoms with E-state index in [1.807, 2.05) is 19.1 Å². The normalized spacial score (nSPS) is 10.8. The number of carboxylic acids is 2. The molecule has 3 aromatic rings. The predicted molar refractivity (Wildman–Crippen MR) is 79.3 cm³/mol. The van der Waals surface area contributed by atoms with Gasteiger partial charge in [-0.05, 0) is 24.6 Å². The molecule has 0 unspecified atom stereocenters. The van der Waals surface area contributed by atoms with E-state index in [1.165, 1.54) is 16.5 Å². The second kappa shape index (κ2) is 5.00. The van der Waals surface area contributed by atoms with Crippen molar-refractivity contribution in [3.05, 3.63) is 59.4 Å². The van der Waals surface area contributed by atoms with Gasteiger partial charge in [0.15, 0.2) is 5.69 Å². The van der Waals surface area contributed by atoms with Gasteiger partial charge in [-0.15, -0.1) is 0 Å². The lowest BCUT2D eigenvalue weighted by molar-refractivity contribution is 0.0678. The van der Waals surface area contributed by atoms with Crippen LogP contribution in [0.25, 0.3) is 16.9 Å². The zero-order valence-electron chi connectivity index (χ0n) is 11.6. The Labute approximate surface area is 125 Å².